The molecule has 6 rings (SSSR count). The molecule has 8 heteroatoms. The molecule has 2 N–H and O–H groups in total. The van der Waals surface area contributed by atoms with Crippen LogP contribution in [0.15, 0.2) is 28.7 Å². The molecule has 6 atom stereocenters. The lowest BCUT2D eigenvalue weighted by Crippen LogP contribution is -2.76. The Bertz CT molecular complexity index is 1570. The zero-order chi connectivity index (χ0) is 31.2. The molecule has 43 heavy (non-hydrogen) atoms. The Balaban J connectivity index is 1.47. The van der Waals surface area contributed by atoms with Crippen molar-refractivity contribution >= 4 is 28.9 Å². The van der Waals surface area contributed by atoms with Gasteiger partial charge in [-0.1, -0.05) is 53.4 Å². The number of aromatic hydroxyl groups is 1. The molecule has 0 saturated heterocycles. The summed E-state index contributed by atoms with van der Waals surface area (Å²) in [5.74, 6) is -6.95. The third kappa shape index (κ3) is 4.01. The lowest BCUT2D eigenvalue weighted by atomic mass is 9.40. The average molecular weight is 589 g/mol. The number of aliphatic hydroxyl groups is 1. The maximum absolute atomic E-state index is 14.4. The van der Waals surface area contributed by atoms with Crippen molar-refractivity contribution in [3.05, 3.63) is 41.2 Å². The van der Waals surface area contributed by atoms with Crippen LogP contribution in [0.4, 0.5) is 0 Å². The van der Waals surface area contributed by atoms with Gasteiger partial charge in [-0.15, -0.1) is 0 Å². The molecule has 0 aliphatic heterocycles. The topological polar surface area (TPSA) is 139 Å². The number of benzene rings is 1. The first-order valence-corrected chi connectivity index (χ1v) is 15.5. The first-order valence-electron chi connectivity index (χ1n) is 15.5. The van der Waals surface area contributed by atoms with Crippen LogP contribution in [-0.4, -0.2) is 44.7 Å². The minimum absolute atomic E-state index is 0.0165. The molecule has 1 aromatic heterocycles. The van der Waals surface area contributed by atoms with E-state index in [1.165, 1.54) is 31.7 Å². The van der Waals surface area contributed by atoms with Crippen molar-refractivity contribution < 1.29 is 38.6 Å². The smallest absolute Gasteiger partial charge is 0.190 e. The highest BCUT2D eigenvalue weighted by atomic mass is 16.3. The Morgan fingerprint density at radius 1 is 1.02 bits per heavy atom. The average Bonchev–Trinajstić information content (AvgIpc) is 3.58. The van der Waals surface area contributed by atoms with Crippen molar-refractivity contribution in [2.75, 3.05) is 0 Å². The van der Waals surface area contributed by atoms with Gasteiger partial charge in [0.1, 0.15) is 29.0 Å². The lowest BCUT2D eigenvalue weighted by molar-refractivity contribution is -0.205. The van der Waals surface area contributed by atoms with E-state index < -0.39 is 63.1 Å². The predicted octanol–water partition coefficient (Wildman–Crippen LogP) is 5.09. The van der Waals surface area contributed by atoms with Crippen molar-refractivity contribution in [2.24, 2.45) is 40.4 Å². The number of carbonyl (C=O) groups is 5. The SMILES string of the molecule is CC(=O)C1C(=O)C(C(C)C)[C@@]2(C)C[C@@]3(C)Cc4c(-c5ccc(CC6CCCC6)o5)ccc(O)c4C(=O)C3C(=O)[C@@]2(O)C1=O. The van der Waals surface area contributed by atoms with Crippen LogP contribution in [0.5, 0.6) is 5.75 Å². The van der Waals surface area contributed by atoms with Gasteiger partial charge in [0.05, 0.1) is 11.5 Å². The van der Waals surface area contributed by atoms with Gasteiger partial charge in [0.2, 0.25) is 0 Å². The molecule has 1 aromatic carbocycles. The summed E-state index contributed by atoms with van der Waals surface area (Å²) < 4.78 is 6.27. The number of furan rings is 1. The third-order valence-corrected chi connectivity index (χ3v) is 11.2. The maximum Gasteiger partial charge on any atom is 0.190 e. The normalized spacial score (nSPS) is 34.3. The van der Waals surface area contributed by atoms with Crippen LogP contribution >= 0.6 is 0 Å². The molecule has 228 valence electrons. The molecular formula is C35H40O8. The van der Waals surface area contributed by atoms with Crippen molar-refractivity contribution in [3.63, 3.8) is 0 Å². The van der Waals surface area contributed by atoms with Crippen LogP contribution in [-0.2, 0) is 32.0 Å². The second kappa shape index (κ2) is 9.81. The molecule has 0 radical (unpaired) electrons. The number of Topliss-reactive ketones (excluding diaryl/α,β-unsaturated/α-hetero) is 5. The zero-order valence-electron chi connectivity index (χ0n) is 25.5. The third-order valence-electron chi connectivity index (χ3n) is 11.2. The van der Waals surface area contributed by atoms with Gasteiger partial charge in [0.25, 0.3) is 0 Å². The van der Waals surface area contributed by atoms with Crippen LogP contribution in [0.2, 0.25) is 0 Å². The van der Waals surface area contributed by atoms with Crippen LogP contribution in [0, 0.1) is 40.4 Å². The van der Waals surface area contributed by atoms with E-state index in [0.717, 1.165) is 19.1 Å². The number of rotatable bonds is 5. The summed E-state index contributed by atoms with van der Waals surface area (Å²) in [5, 5.41) is 23.1. The van der Waals surface area contributed by atoms with Crippen LogP contribution < -0.4 is 0 Å². The largest absolute Gasteiger partial charge is 0.507 e. The fraction of sp³-hybridized carbons (Fsp3) is 0.571. The van der Waals surface area contributed by atoms with Crippen molar-refractivity contribution in [1.82, 2.24) is 0 Å². The van der Waals surface area contributed by atoms with Gasteiger partial charge >= 0.3 is 0 Å². The highest BCUT2D eigenvalue weighted by Gasteiger charge is 2.76. The molecule has 2 aromatic rings. The van der Waals surface area contributed by atoms with E-state index in [0.29, 0.717) is 22.8 Å². The molecule has 0 spiro atoms. The molecule has 3 fully saturated rings. The molecule has 0 bridgehead atoms. The molecule has 3 saturated carbocycles. The van der Waals surface area contributed by atoms with Gasteiger partial charge in [-0.3, -0.25) is 24.0 Å². The minimum Gasteiger partial charge on any atom is -0.507 e. The fourth-order valence-corrected chi connectivity index (χ4v) is 9.50. The van der Waals surface area contributed by atoms with Crippen LogP contribution in [0.1, 0.15) is 88.4 Å². The van der Waals surface area contributed by atoms with Gasteiger partial charge in [0, 0.05) is 23.3 Å². The summed E-state index contributed by atoms with van der Waals surface area (Å²) in [4.78, 5) is 68.7. The van der Waals surface area contributed by atoms with E-state index in [4.69, 9.17) is 4.42 Å². The Morgan fingerprint density at radius 3 is 2.33 bits per heavy atom. The standard InChI is InChI=1S/C35H40O8/c1-17(2)27-29(38)25(18(3)36)31(40)35(42)32(41)28-30(39)26-22(15-33(28,4)16-34(27,35)5)21(11-12-23(26)37)24-13-10-20(43-24)14-19-8-6-7-9-19/h10-13,17,19,25,27-28,37,42H,6-9,14-16H2,1-5H3/t25?,27?,28?,33-,34-,35+/m1/s1. The Hall–Kier alpha value is -3.39. The van der Waals surface area contributed by atoms with E-state index in [-0.39, 0.29) is 30.1 Å². The number of hydrogen-bond donors (Lipinski definition) is 2. The number of ketones is 5. The van der Waals surface area contributed by atoms with Crippen molar-refractivity contribution in [1.29, 1.82) is 0 Å². The summed E-state index contributed by atoms with van der Waals surface area (Å²) in [6.07, 6.45) is 5.84. The van der Waals surface area contributed by atoms with Gasteiger partial charge in [-0.05, 0) is 66.8 Å². The van der Waals surface area contributed by atoms with Gasteiger partial charge in [0.15, 0.2) is 28.7 Å². The number of phenolic OH excluding ortho intramolecular Hbond substituents is 1. The monoisotopic (exact) mass is 588 g/mol. The van der Waals surface area contributed by atoms with Crippen molar-refractivity contribution in [3.8, 4) is 17.1 Å². The van der Waals surface area contributed by atoms with E-state index in [2.05, 4.69) is 0 Å². The first kappa shape index (κ1) is 29.7. The van der Waals surface area contributed by atoms with Gasteiger partial charge in [-0.25, -0.2) is 0 Å². The molecular weight excluding hydrogens is 548 g/mol. The summed E-state index contributed by atoms with van der Waals surface area (Å²) in [5.41, 5.74) is -4.16. The number of fused-ring (bicyclic) bond motifs is 3. The van der Waals surface area contributed by atoms with Gasteiger partial charge < -0.3 is 14.6 Å². The molecule has 8 nitrogen and oxygen atoms in total. The number of phenols is 1. The van der Waals surface area contributed by atoms with E-state index >= 15 is 0 Å². The van der Waals surface area contributed by atoms with Crippen molar-refractivity contribution in [2.45, 2.75) is 85.2 Å². The second-order valence-electron chi connectivity index (χ2n) is 14.4. The second-order valence-corrected chi connectivity index (χ2v) is 14.4. The summed E-state index contributed by atoms with van der Waals surface area (Å²) in [6, 6.07) is 6.95. The summed E-state index contributed by atoms with van der Waals surface area (Å²) in [6.45, 7) is 8.02. The Labute approximate surface area is 251 Å². The molecule has 3 unspecified atom stereocenters. The highest BCUT2D eigenvalue weighted by Crippen LogP contribution is 2.64. The van der Waals surface area contributed by atoms with Crippen LogP contribution in [0.3, 0.4) is 0 Å². The maximum atomic E-state index is 14.4. The summed E-state index contributed by atoms with van der Waals surface area (Å²) in [7, 11) is 0. The Morgan fingerprint density at radius 2 is 1.70 bits per heavy atom. The summed E-state index contributed by atoms with van der Waals surface area (Å²) >= 11 is 0. The minimum atomic E-state index is -2.70. The van der Waals surface area contributed by atoms with Crippen LogP contribution in [0.25, 0.3) is 11.3 Å². The van der Waals surface area contributed by atoms with E-state index in [9.17, 15) is 34.2 Å². The molecule has 4 aliphatic carbocycles. The van der Waals surface area contributed by atoms with Gasteiger partial charge in [-0.2, -0.15) is 0 Å². The highest BCUT2D eigenvalue weighted by molar-refractivity contribution is 6.32. The first-order chi connectivity index (χ1) is 20.2. The number of hydrogen-bond acceptors (Lipinski definition) is 8. The zero-order valence-corrected chi connectivity index (χ0v) is 25.5. The molecule has 4 aliphatic rings. The predicted molar refractivity (Wildman–Crippen MR) is 156 cm³/mol. The van der Waals surface area contributed by atoms with E-state index in [1.54, 1.807) is 33.8 Å². The lowest BCUT2D eigenvalue weighted by Gasteiger charge is -2.61. The molecule has 1 heterocycles. The Kier molecular flexibility index (Phi) is 6.77. The quantitative estimate of drug-likeness (QED) is 0.461. The fourth-order valence-electron chi connectivity index (χ4n) is 9.50. The molecule has 0 amide bonds. The van der Waals surface area contributed by atoms with E-state index in [1.807, 2.05) is 12.1 Å². The number of carbonyl (C=O) groups excluding carboxylic acids is 5.